The van der Waals surface area contributed by atoms with Gasteiger partial charge in [0, 0.05) is 0 Å². The minimum Gasteiger partial charge on any atom is -0.351 e. The molecule has 0 saturated heterocycles. The SMILES string of the molecule is NC(=O)N(C(=O)N(O)c1ccc(Cl)c(Cl)c1)c1ccc(Cl)c(Cl)c1. The number of carbonyl (C=O) groups excluding carboxylic acids is 2. The van der Waals surface area contributed by atoms with Crippen molar-refractivity contribution in [3.8, 4) is 0 Å². The lowest BCUT2D eigenvalue weighted by molar-refractivity contribution is 0.208. The zero-order chi connectivity index (χ0) is 18.0. The molecule has 0 spiro atoms. The predicted molar refractivity (Wildman–Crippen MR) is 94.6 cm³/mol. The van der Waals surface area contributed by atoms with Crippen molar-refractivity contribution in [1.82, 2.24) is 0 Å². The van der Waals surface area contributed by atoms with Crippen molar-refractivity contribution in [2.24, 2.45) is 5.73 Å². The lowest BCUT2D eigenvalue weighted by atomic mass is 10.3. The van der Waals surface area contributed by atoms with Gasteiger partial charge in [0.15, 0.2) is 0 Å². The first-order valence-electron chi connectivity index (χ1n) is 6.25. The molecule has 0 saturated carbocycles. The third-order valence-corrected chi connectivity index (χ3v) is 4.38. The first kappa shape index (κ1) is 18.6. The molecular formula is C14H9Cl4N3O3. The fourth-order valence-corrected chi connectivity index (χ4v) is 2.36. The molecule has 0 aliphatic heterocycles. The third kappa shape index (κ3) is 3.85. The number of primary amides is 1. The second-order valence-corrected chi connectivity index (χ2v) is 6.09. The first-order chi connectivity index (χ1) is 11.2. The molecule has 0 aliphatic carbocycles. The lowest BCUT2D eigenvalue weighted by Crippen LogP contribution is -2.48. The summed E-state index contributed by atoms with van der Waals surface area (Å²) < 4.78 is 0. The van der Waals surface area contributed by atoms with Crippen LogP contribution in [0.2, 0.25) is 20.1 Å². The van der Waals surface area contributed by atoms with Gasteiger partial charge in [-0.15, -0.1) is 0 Å². The van der Waals surface area contributed by atoms with E-state index in [0.29, 0.717) is 4.90 Å². The molecule has 126 valence electrons. The molecule has 0 unspecified atom stereocenters. The zero-order valence-electron chi connectivity index (χ0n) is 11.7. The molecule has 6 nitrogen and oxygen atoms in total. The van der Waals surface area contributed by atoms with Crippen molar-refractivity contribution in [3.05, 3.63) is 56.5 Å². The van der Waals surface area contributed by atoms with Gasteiger partial charge in [-0.2, -0.15) is 5.06 Å². The van der Waals surface area contributed by atoms with Crippen LogP contribution in [0.15, 0.2) is 36.4 Å². The number of benzene rings is 2. The number of hydrogen-bond donors (Lipinski definition) is 2. The molecule has 10 heteroatoms. The molecule has 0 aromatic heterocycles. The molecule has 0 heterocycles. The van der Waals surface area contributed by atoms with Crippen LogP contribution in [-0.2, 0) is 0 Å². The van der Waals surface area contributed by atoms with E-state index < -0.39 is 12.1 Å². The Morgan fingerprint density at radius 3 is 1.75 bits per heavy atom. The smallest absolute Gasteiger partial charge is 0.351 e. The van der Waals surface area contributed by atoms with Crippen molar-refractivity contribution >= 4 is 69.8 Å². The van der Waals surface area contributed by atoms with Crippen LogP contribution in [-0.4, -0.2) is 17.3 Å². The van der Waals surface area contributed by atoms with E-state index >= 15 is 0 Å². The maximum atomic E-state index is 12.4. The number of rotatable bonds is 2. The van der Waals surface area contributed by atoms with Gasteiger partial charge in [-0.25, -0.2) is 14.5 Å². The Kier molecular flexibility index (Phi) is 5.79. The van der Waals surface area contributed by atoms with Crippen molar-refractivity contribution < 1.29 is 14.8 Å². The van der Waals surface area contributed by atoms with Crippen molar-refractivity contribution in [2.75, 3.05) is 9.96 Å². The number of hydroxylamine groups is 1. The molecule has 2 aromatic rings. The van der Waals surface area contributed by atoms with E-state index in [1.54, 1.807) is 0 Å². The number of nitrogens with zero attached hydrogens (tertiary/aromatic N) is 2. The van der Waals surface area contributed by atoms with E-state index in [4.69, 9.17) is 52.1 Å². The molecule has 4 amide bonds. The van der Waals surface area contributed by atoms with Crippen molar-refractivity contribution in [2.45, 2.75) is 0 Å². The van der Waals surface area contributed by atoms with Crippen LogP contribution in [0.1, 0.15) is 0 Å². The molecule has 3 N–H and O–H groups in total. The molecule has 0 radical (unpaired) electrons. The molecule has 0 bridgehead atoms. The standard InChI is InChI=1S/C14H9Cl4N3O3/c15-9-3-1-7(5-11(9)17)20(13(19)22)14(23)21(24)8-2-4-10(16)12(18)6-8/h1-6,24H,(H2,19,22). The Morgan fingerprint density at radius 1 is 0.833 bits per heavy atom. The summed E-state index contributed by atoms with van der Waals surface area (Å²) >= 11 is 23.3. The number of nitrogens with two attached hydrogens (primary N) is 1. The largest absolute Gasteiger partial charge is 0.361 e. The van der Waals surface area contributed by atoms with Crippen molar-refractivity contribution in [1.29, 1.82) is 0 Å². The van der Waals surface area contributed by atoms with Gasteiger partial charge in [-0.1, -0.05) is 46.4 Å². The van der Waals surface area contributed by atoms with E-state index in [0.717, 1.165) is 0 Å². The van der Waals surface area contributed by atoms with Crippen LogP contribution in [0.4, 0.5) is 21.0 Å². The molecule has 0 fully saturated rings. The highest BCUT2D eigenvalue weighted by molar-refractivity contribution is 6.42. The highest BCUT2D eigenvalue weighted by atomic mass is 35.5. The summed E-state index contributed by atoms with van der Waals surface area (Å²) in [5, 5.41) is 11.0. The van der Waals surface area contributed by atoms with Gasteiger partial charge in [0.25, 0.3) is 0 Å². The molecule has 24 heavy (non-hydrogen) atoms. The maximum absolute atomic E-state index is 12.4. The Bertz CT molecular complexity index is 816. The molecule has 0 aliphatic rings. The van der Waals surface area contributed by atoms with E-state index in [2.05, 4.69) is 0 Å². The Balaban J connectivity index is 2.39. The molecule has 2 aromatic carbocycles. The van der Waals surface area contributed by atoms with Crippen LogP contribution in [0, 0.1) is 0 Å². The van der Waals surface area contributed by atoms with Gasteiger partial charge in [0.05, 0.1) is 31.5 Å². The first-order valence-corrected chi connectivity index (χ1v) is 7.76. The number of hydrogen-bond acceptors (Lipinski definition) is 3. The van der Waals surface area contributed by atoms with Crippen LogP contribution in [0.25, 0.3) is 0 Å². The summed E-state index contributed by atoms with van der Waals surface area (Å²) in [7, 11) is 0. The van der Waals surface area contributed by atoms with Gasteiger partial charge < -0.3 is 5.73 Å². The minimum absolute atomic E-state index is 0.0132. The number of carbonyl (C=O) groups is 2. The van der Waals surface area contributed by atoms with Gasteiger partial charge in [0.2, 0.25) is 0 Å². The maximum Gasteiger partial charge on any atom is 0.361 e. The van der Waals surface area contributed by atoms with Crippen LogP contribution >= 0.6 is 46.4 Å². The molecule has 2 rings (SSSR count). The number of halogens is 4. The molecular weight excluding hydrogens is 400 g/mol. The average molecular weight is 409 g/mol. The third-order valence-electron chi connectivity index (χ3n) is 2.90. The fourth-order valence-electron chi connectivity index (χ4n) is 1.78. The fraction of sp³-hybridized carbons (Fsp3) is 0. The predicted octanol–water partition coefficient (Wildman–Crippen LogP) is 5.20. The summed E-state index contributed by atoms with van der Waals surface area (Å²) in [6.45, 7) is 0. The Hall–Kier alpha value is -1.70. The van der Waals surface area contributed by atoms with Gasteiger partial charge in [-0.05, 0) is 36.4 Å². The highest BCUT2D eigenvalue weighted by Gasteiger charge is 2.27. The normalized spacial score (nSPS) is 10.4. The number of urea groups is 2. The van der Waals surface area contributed by atoms with Crippen molar-refractivity contribution in [3.63, 3.8) is 0 Å². The summed E-state index contributed by atoms with van der Waals surface area (Å²) in [6, 6.07) is 5.68. The van der Waals surface area contributed by atoms with E-state index in [1.807, 2.05) is 0 Å². The molecule has 0 atom stereocenters. The van der Waals surface area contributed by atoms with Crippen LogP contribution in [0.3, 0.4) is 0 Å². The van der Waals surface area contributed by atoms with Gasteiger partial charge in [-0.3, -0.25) is 5.21 Å². The van der Waals surface area contributed by atoms with Gasteiger partial charge >= 0.3 is 12.1 Å². The number of anilines is 2. The Morgan fingerprint density at radius 2 is 1.29 bits per heavy atom. The van der Waals surface area contributed by atoms with E-state index in [9.17, 15) is 14.8 Å². The number of imide groups is 1. The Labute approximate surface area is 156 Å². The second kappa shape index (κ2) is 7.46. The quantitative estimate of drug-likeness (QED) is 0.528. The second-order valence-electron chi connectivity index (χ2n) is 4.46. The number of amides is 4. The van der Waals surface area contributed by atoms with Gasteiger partial charge in [0.1, 0.15) is 0 Å². The van der Waals surface area contributed by atoms with E-state index in [1.165, 1.54) is 36.4 Å². The highest BCUT2D eigenvalue weighted by Crippen LogP contribution is 2.30. The van der Waals surface area contributed by atoms with Crippen LogP contribution < -0.4 is 15.7 Å². The average Bonchev–Trinajstić information content (AvgIpc) is 2.52. The minimum atomic E-state index is -1.14. The summed E-state index contributed by atoms with van der Waals surface area (Å²) in [5.41, 5.74) is 5.25. The van der Waals surface area contributed by atoms with E-state index in [-0.39, 0.29) is 36.5 Å². The topological polar surface area (TPSA) is 86.9 Å². The monoisotopic (exact) mass is 407 g/mol. The van der Waals surface area contributed by atoms with Crippen LogP contribution in [0.5, 0.6) is 0 Å². The summed E-state index contributed by atoms with van der Waals surface area (Å²) in [6.07, 6.45) is 0. The summed E-state index contributed by atoms with van der Waals surface area (Å²) in [5.74, 6) is 0. The lowest BCUT2D eigenvalue weighted by Gasteiger charge is -2.24. The zero-order valence-corrected chi connectivity index (χ0v) is 14.7. The summed E-state index contributed by atoms with van der Waals surface area (Å²) in [4.78, 5) is 24.6.